The van der Waals surface area contributed by atoms with Gasteiger partial charge in [0.1, 0.15) is 5.76 Å². The van der Waals surface area contributed by atoms with Crippen molar-refractivity contribution in [3.05, 3.63) is 34.7 Å². The van der Waals surface area contributed by atoms with Gasteiger partial charge in [0.25, 0.3) is 0 Å². The van der Waals surface area contributed by atoms with E-state index in [-0.39, 0.29) is 17.7 Å². The summed E-state index contributed by atoms with van der Waals surface area (Å²) >= 11 is 3.22. The minimum atomic E-state index is -0.876. The lowest BCUT2D eigenvalue weighted by molar-refractivity contribution is -0.150. The second-order valence-corrected chi connectivity index (χ2v) is 6.52. The predicted molar refractivity (Wildman–Crippen MR) is 78.2 cm³/mol. The maximum atomic E-state index is 12.6. The third kappa shape index (κ3) is 2.52. The number of carbonyl (C=O) groups is 2. The van der Waals surface area contributed by atoms with Crippen molar-refractivity contribution in [1.29, 1.82) is 0 Å². The monoisotopic (exact) mass is 353 g/mol. The lowest BCUT2D eigenvalue weighted by Gasteiger charge is -2.28. The highest BCUT2D eigenvalue weighted by Crippen LogP contribution is 2.48. The van der Waals surface area contributed by atoms with E-state index in [1.165, 1.54) is 0 Å². The van der Waals surface area contributed by atoms with Gasteiger partial charge in [0.05, 0.1) is 18.4 Å². The van der Waals surface area contributed by atoms with Crippen LogP contribution in [0.5, 0.6) is 0 Å². The van der Waals surface area contributed by atoms with E-state index >= 15 is 0 Å². The number of aliphatic carboxylic acids is 1. The van der Waals surface area contributed by atoms with Crippen molar-refractivity contribution in [1.82, 2.24) is 4.90 Å². The van der Waals surface area contributed by atoms with Gasteiger partial charge < -0.3 is 14.4 Å². The average molecular weight is 354 g/mol. The number of carbonyl (C=O) groups excluding carboxylic acids is 1. The molecule has 1 amide bonds. The third-order valence-corrected chi connectivity index (χ3v) is 4.85. The molecule has 1 N–H and O–H groups in total. The Morgan fingerprint density at radius 2 is 2.00 bits per heavy atom. The van der Waals surface area contributed by atoms with Crippen LogP contribution in [-0.2, 0) is 16.1 Å². The highest BCUT2D eigenvalue weighted by molar-refractivity contribution is 9.10. The van der Waals surface area contributed by atoms with E-state index < -0.39 is 17.8 Å². The number of fused-ring (bicyclic) bond motifs is 2. The molecule has 1 aromatic rings. The maximum Gasteiger partial charge on any atom is 0.307 e. The van der Waals surface area contributed by atoms with Crippen molar-refractivity contribution in [2.75, 3.05) is 7.05 Å². The number of rotatable bonds is 4. The zero-order valence-corrected chi connectivity index (χ0v) is 13.1. The van der Waals surface area contributed by atoms with Crippen LogP contribution in [0.4, 0.5) is 0 Å². The van der Waals surface area contributed by atoms with E-state index in [2.05, 4.69) is 15.9 Å². The second kappa shape index (κ2) is 5.33. The fourth-order valence-corrected chi connectivity index (χ4v) is 3.84. The minimum Gasteiger partial charge on any atom is -0.481 e. The fourth-order valence-electron chi connectivity index (χ4n) is 3.50. The summed E-state index contributed by atoms with van der Waals surface area (Å²) in [5, 5.41) is 9.40. The average Bonchev–Trinajstić information content (AvgIpc) is 3.12. The van der Waals surface area contributed by atoms with Crippen molar-refractivity contribution in [2.45, 2.75) is 13.0 Å². The minimum absolute atomic E-state index is 0.00685. The molecule has 112 valence electrons. The smallest absolute Gasteiger partial charge is 0.307 e. The van der Waals surface area contributed by atoms with Crippen LogP contribution in [0.1, 0.15) is 12.2 Å². The zero-order chi connectivity index (χ0) is 15.1. The molecule has 0 saturated heterocycles. The van der Waals surface area contributed by atoms with Crippen LogP contribution in [0.3, 0.4) is 0 Å². The predicted octanol–water partition coefficient (Wildman–Crippen LogP) is 2.52. The molecule has 4 unspecified atom stereocenters. The van der Waals surface area contributed by atoms with Gasteiger partial charge in [0.15, 0.2) is 4.67 Å². The van der Waals surface area contributed by atoms with E-state index in [0.717, 1.165) is 6.42 Å². The molecule has 3 rings (SSSR count). The number of hydrogen-bond donors (Lipinski definition) is 1. The molecule has 2 bridgehead atoms. The lowest BCUT2D eigenvalue weighted by Crippen LogP contribution is -2.40. The number of furan rings is 1. The number of carboxylic acids is 1. The first-order chi connectivity index (χ1) is 9.97. The van der Waals surface area contributed by atoms with Crippen molar-refractivity contribution >= 4 is 27.8 Å². The van der Waals surface area contributed by atoms with E-state index in [9.17, 15) is 14.7 Å². The van der Waals surface area contributed by atoms with Gasteiger partial charge in [-0.1, -0.05) is 12.2 Å². The summed E-state index contributed by atoms with van der Waals surface area (Å²) in [5.74, 6) is -1.34. The molecule has 2 aliphatic carbocycles. The molecular formula is C15H16BrNO4. The quantitative estimate of drug-likeness (QED) is 0.844. The van der Waals surface area contributed by atoms with Gasteiger partial charge in [0.2, 0.25) is 5.91 Å². The molecule has 5 nitrogen and oxygen atoms in total. The molecule has 4 atom stereocenters. The molecule has 1 saturated carbocycles. The van der Waals surface area contributed by atoms with Crippen molar-refractivity contribution < 1.29 is 19.1 Å². The van der Waals surface area contributed by atoms with E-state index in [1.807, 2.05) is 12.2 Å². The van der Waals surface area contributed by atoms with E-state index in [0.29, 0.717) is 17.0 Å². The number of hydrogen-bond acceptors (Lipinski definition) is 3. The number of carboxylic acid groups (broad SMARTS) is 1. The summed E-state index contributed by atoms with van der Waals surface area (Å²) in [7, 11) is 1.69. The molecule has 0 aliphatic heterocycles. The Kier molecular flexibility index (Phi) is 3.65. The SMILES string of the molecule is CN(Cc1ccc(Br)o1)C(=O)C1C2C=CC(C2)C1C(=O)O. The molecular weight excluding hydrogens is 338 g/mol. The van der Waals surface area contributed by atoms with Gasteiger partial charge in [-0.05, 0) is 46.3 Å². The molecule has 0 radical (unpaired) electrons. The topological polar surface area (TPSA) is 70.8 Å². The Hall–Kier alpha value is -1.56. The third-order valence-electron chi connectivity index (χ3n) is 4.43. The first-order valence-corrected chi connectivity index (χ1v) is 7.67. The van der Waals surface area contributed by atoms with Gasteiger partial charge in [-0.25, -0.2) is 0 Å². The highest BCUT2D eigenvalue weighted by atomic mass is 79.9. The largest absolute Gasteiger partial charge is 0.481 e. The van der Waals surface area contributed by atoms with Crippen molar-refractivity contribution in [2.24, 2.45) is 23.7 Å². The maximum absolute atomic E-state index is 12.6. The van der Waals surface area contributed by atoms with Gasteiger partial charge in [-0.3, -0.25) is 9.59 Å². The Morgan fingerprint density at radius 3 is 2.57 bits per heavy atom. The second-order valence-electron chi connectivity index (χ2n) is 5.74. The van der Waals surface area contributed by atoms with Gasteiger partial charge >= 0.3 is 5.97 Å². The Morgan fingerprint density at radius 1 is 1.33 bits per heavy atom. The van der Waals surface area contributed by atoms with Crippen LogP contribution in [0.15, 0.2) is 33.4 Å². The zero-order valence-electron chi connectivity index (χ0n) is 11.5. The summed E-state index contributed by atoms with van der Waals surface area (Å²) in [5.41, 5.74) is 0. The fraction of sp³-hybridized carbons (Fsp3) is 0.467. The molecule has 0 aromatic carbocycles. The molecule has 1 fully saturated rings. The van der Waals surface area contributed by atoms with E-state index in [4.69, 9.17) is 4.42 Å². The first kappa shape index (κ1) is 14.4. The normalized spacial score (nSPS) is 29.8. The summed E-state index contributed by atoms with van der Waals surface area (Å²) in [6.07, 6.45) is 4.70. The molecule has 21 heavy (non-hydrogen) atoms. The summed E-state index contributed by atoms with van der Waals surface area (Å²) in [4.78, 5) is 25.7. The highest BCUT2D eigenvalue weighted by Gasteiger charge is 2.52. The van der Waals surface area contributed by atoms with Crippen LogP contribution in [-0.4, -0.2) is 28.9 Å². The molecule has 1 aromatic heterocycles. The Balaban J connectivity index is 1.74. The lowest BCUT2D eigenvalue weighted by atomic mass is 9.82. The molecule has 0 spiro atoms. The standard InChI is InChI=1S/C15H16BrNO4/c1-17(7-10-4-5-11(16)21-10)14(18)12-8-2-3-9(6-8)13(12)15(19)20/h2-5,8-9,12-13H,6-7H2,1H3,(H,19,20). The van der Waals surface area contributed by atoms with Gasteiger partial charge in [-0.15, -0.1) is 0 Å². The van der Waals surface area contributed by atoms with E-state index in [1.54, 1.807) is 24.1 Å². The van der Waals surface area contributed by atoms with Crippen LogP contribution in [0.25, 0.3) is 0 Å². The van der Waals surface area contributed by atoms with Crippen LogP contribution in [0, 0.1) is 23.7 Å². The summed E-state index contributed by atoms with van der Waals surface area (Å²) in [6.45, 7) is 0.342. The Labute approximate surface area is 130 Å². The molecule has 1 heterocycles. The van der Waals surface area contributed by atoms with Crippen LogP contribution >= 0.6 is 15.9 Å². The summed E-state index contributed by atoms with van der Waals surface area (Å²) < 4.78 is 6.01. The number of nitrogens with zero attached hydrogens (tertiary/aromatic N) is 1. The van der Waals surface area contributed by atoms with Crippen molar-refractivity contribution in [3.63, 3.8) is 0 Å². The molecule has 2 aliphatic rings. The van der Waals surface area contributed by atoms with Crippen LogP contribution < -0.4 is 0 Å². The Bertz CT molecular complexity index is 609. The van der Waals surface area contributed by atoms with Crippen molar-refractivity contribution in [3.8, 4) is 0 Å². The number of amides is 1. The molecule has 6 heteroatoms. The first-order valence-electron chi connectivity index (χ1n) is 6.87. The van der Waals surface area contributed by atoms with Crippen LogP contribution in [0.2, 0.25) is 0 Å². The van der Waals surface area contributed by atoms with Gasteiger partial charge in [-0.2, -0.15) is 0 Å². The number of allylic oxidation sites excluding steroid dienone is 2. The van der Waals surface area contributed by atoms with Gasteiger partial charge in [0, 0.05) is 7.05 Å². The summed E-state index contributed by atoms with van der Waals surface area (Å²) in [6, 6.07) is 3.57. The number of halogens is 1.